The van der Waals surface area contributed by atoms with Gasteiger partial charge >= 0.3 is 6.18 Å². The third kappa shape index (κ3) is 4.80. The molecule has 2 aromatic heterocycles. The molecule has 0 aromatic carbocycles. The lowest BCUT2D eigenvalue weighted by Crippen LogP contribution is -2.11. The molecule has 10 heteroatoms. The van der Waals surface area contributed by atoms with Crippen LogP contribution in [0.5, 0.6) is 0 Å². The summed E-state index contributed by atoms with van der Waals surface area (Å²) in [6, 6.07) is 0.834. The van der Waals surface area contributed by atoms with E-state index in [0.29, 0.717) is 19.0 Å². The number of ether oxygens (including phenoxy) is 1. The average molecular weight is 350 g/mol. The first-order valence-electron chi connectivity index (χ1n) is 6.74. The summed E-state index contributed by atoms with van der Waals surface area (Å²) in [4.78, 5) is 3.71. The fraction of sp³-hybridized carbons (Fsp3) is 0.462. The number of hydrogen-bond donors (Lipinski definition) is 1. The second kappa shape index (κ2) is 7.60. The van der Waals surface area contributed by atoms with Crippen LogP contribution in [0.15, 0.2) is 18.6 Å². The highest BCUT2D eigenvalue weighted by Gasteiger charge is 2.31. The van der Waals surface area contributed by atoms with E-state index < -0.39 is 11.7 Å². The summed E-state index contributed by atoms with van der Waals surface area (Å²) in [6.07, 6.45) is -1.37. The molecule has 0 radical (unpaired) electrons. The Morgan fingerprint density at radius 3 is 2.83 bits per heavy atom. The van der Waals surface area contributed by atoms with Gasteiger partial charge in [0.15, 0.2) is 5.82 Å². The molecule has 2 heterocycles. The van der Waals surface area contributed by atoms with Crippen molar-refractivity contribution in [2.75, 3.05) is 19.0 Å². The fourth-order valence-corrected chi connectivity index (χ4v) is 2.10. The summed E-state index contributed by atoms with van der Waals surface area (Å²) in [5.41, 5.74) is -0.893. The van der Waals surface area contributed by atoms with Crippen LogP contribution in [0.25, 0.3) is 0 Å². The SMILES string of the molecule is COCCCn1cnnc1CNc1ncc(C(F)(F)F)cc1Cl. The Morgan fingerprint density at radius 2 is 2.17 bits per heavy atom. The number of aryl methyl sites for hydroxylation is 1. The molecule has 0 amide bonds. The Hall–Kier alpha value is -1.87. The molecule has 0 atom stereocenters. The van der Waals surface area contributed by atoms with Gasteiger partial charge in [0, 0.05) is 26.5 Å². The van der Waals surface area contributed by atoms with Gasteiger partial charge in [-0.1, -0.05) is 11.6 Å². The molecule has 0 aliphatic rings. The minimum atomic E-state index is -4.48. The Bertz CT molecular complexity index is 647. The number of pyridine rings is 1. The number of aromatic nitrogens is 4. The van der Waals surface area contributed by atoms with E-state index in [9.17, 15) is 13.2 Å². The second-order valence-electron chi connectivity index (χ2n) is 4.69. The Balaban J connectivity index is 2.00. The molecule has 0 saturated carbocycles. The fourth-order valence-electron chi connectivity index (χ4n) is 1.87. The highest BCUT2D eigenvalue weighted by molar-refractivity contribution is 6.32. The molecule has 1 N–H and O–H groups in total. The van der Waals surface area contributed by atoms with Crippen LogP contribution in [0.4, 0.5) is 19.0 Å². The highest BCUT2D eigenvalue weighted by atomic mass is 35.5. The maximum absolute atomic E-state index is 12.6. The zero-order chi connectivity index (χ0) is 16.9. The summed E-state index contributed by atoms with van der Waals surface area (Å²) in [5.74, 6) is 0.782. The number of alkyl halides is 3. The summed E-state index contributed by atoms with van der Waals surface area (Å²) >= 11 is 5.83. The van der Waals surface area contributed by atoms with Crippen molar-refractivity contribution in [1.82, 2.24) is 19.7 Å². The van der Waals surface area contributed by atoms with Gasteiger partial charge in [-0.3, -0.25) is 0 Å². The number of halogens is 4. The molecule has 0 spiro atoms. The normalized spacial score (nSPS) is 11.7. The van der Waals surface area contributed by atoms with E-state index in [1.165, 1.54) is 0 Å². The van der Waals surface area contributed by atoms with Gasteiger partial charge in [-0.05, 0) is 12.5 Å². The van der Waals surface area contributed by atoms with Crippen molar-refractivity contribution >= 4 is 17.4 Å². The predicted molar refractivity (Wildman–Crippen MR) is 78.1 cm³/mol. The smallest absolute Gasteiger partial charge is 0.385 e. The third-order valence-corrected chi connectivity index (χ3v) is 3.31. The van der Waals surface area contributed by atoms with E-state index in [-0.39, 0.29) is 17.4 Å². The zero-order valence-corrected chi connectivity index (χ0v) is 13.0. The lowest BCUT2D eigenvalue weighted by Gasteiger charge is -2.11. The number of hydrogen-bond acceptors (Lipinski definition) is 5. The maximum Gasteiger partial charge on any atom is 0.417 e. The standard InChI is InChI=1S/C13H15ClF3N5O/c1-23-4-2-3-22-8-20-21-11(22)7-19-12-10(14)5-9(6-18-12)13(15,16)17/h5-6,8H,2-4,7H2,1H3,(H,18,19). The van der Waals surface area contributed by atoms with Crippen LogP contribution in [0.3, 0.4) is 0 Å². The van der Waals surface area contributed by atoms with E-state index in [1.54, 1.807) is 13.4 Å². The van der Waals surface area contributed by atoms with Gasteiger partial charge in [-0.2, -0.15) is 13.2 Å². The topological polar surface area (TPSA) is 64.9 Å². The van der Waals surface area contributed by atoms with Crippen molar-refractivity contribution in [2.45, 2.75) is 25.7 Å². The molecule has 0 aliphatic heterocycles. The summed E-state index contributed by atoms with van der Waals surface area (Å²) in [7, 11) is 1.62. The maximum atomic E-state index is 12.6. The molecule has 0 unspecified atom stereocenters. The number of anilines is 1. The van der Waals surface area contributed by atoms with Crippen molar-refractivity contribution < 1.29 is 17.9 Å². The number of nitrogens with zero attached hydrogens (tertiary/aromatic N) is 4. The quantitative estimate of drug-likeness (QED) is 0.778. The number of rotatable bonds is 7. The van der Waals surface area contributed by atoms with E-state index in [0.717, 1.165) is 18.7 Å². The van der Waals surface area contributed by atoms with E-state index in [2.05, 4.69) is 20.5 Å². The van der Waals surface area contributed by atoms with Crippen LogP contribution in [-0.2, 0) is 24.0 Å². The number of methoxy groups -OCH3 is 1. The molecular weight excluding hydrogens is 335 g/mol. The molecule has 0 fully saturated rings. The Labute approximate surface area is 135 Å². The first-order chi connectivity index (χ1) is 10.9. The molecule has 0 bridgehead atoms. The first-order valence-corrected chi connectivity index (χ1v) is 7.12. The van der Waals surface area contributed by atoms with Crippen LogP contribution in [0.2, 0.25) is 5.02 Å². The molecule has 126 valence electrons. The lowest BCUT2D eigenvalue weighted by molar-refractivity contribution is -0.137. The largest absolute Gasteiger partial charge is 0.417 e. The van der Waals surface area contributed by atoms with Gasteiger partial charge < -0.3 is 14.6 Å². The van der Waals surface area contributed by atoms with Crippen molar-refractivity contribution in [3.05, 3.63) is 35.0 Å². The Kier molecular flexibility index (Phi) is 5.78. The molecule has 0 aliphatic carbocycles. The van der Waals surface area contributed by atoms with Gasteiger partial charge in [0.1, 0.15) is 12.1 Å². The summed E-state index contributed by atoms with van der Waals surface area (Å²) in [6.45, 7) is 1.52. The summed E-state index contributed by atoms with van der Waals surface area (Å²) < 4.78 is 44.5. The van der Waals surface area contributed by atoms with Gasteiger partial charge in [0.25, 0.3) is 0 Å². The number of nitrogens with one attached hydrogen (secondary N) is 1. The van der Waals surface area contributed by atoms with E-state index >= 15 is 0 Å². The minimum Gasteiger partial charge on any atom is -0.385 e. The monoisotopic (exact) mass is 349 g/mol. The van der Waals surface area contributed by atoms with Gasteiger partial charge in [-0.15, -0.1) is 10.2 Å². The molecule has 6 nitrogen and oxygen atoms in total. The van der Waals surface area contributed by atoms with Crippen molar-refractivity contribution in [3.8, 4) is 0 Å². The molecule has 2 rings (SSSR count). The Morgan fingerprint density at radius 1 is 1.39 bits per heavy atom. The zero-order valence-electron chi connectivity index (χ0n) is 12.3. The molecule has 2 aromatic rings. The van der Waals surface area contributed by atoms with Crippen molar-refractivity contribution in [3.63, 3.8) is 0 Å². The van der Waals surface area contributed by atoms with Crippen molar-refractivity contribution in [2.24, 2.45) is 0 Å². The van der Waals surface area contributed by atoms with Crippen LogP contribution in [-0.4, -0.2) is 33.5 Å². The van der Waals surface area contributed by atoms with Gasteiger partial charge in [0.05, 0.1) is 17.1 Å². The van der Waals surface area contributed by atoms with E-state index in [4.69, 9.17) is 16.3 Å². The lowest BCUT2D eigenvalue weighted by atomic mass is 10.3. The van der Waals surface area contributed by atoms with Crippen LogP contribution in [0.1, 0.15) is 17.8 Å². The minimum absolute atomic E-state index is 0.106. The predicted octanol–water partition coefficient (Wildman–Crippen LogP) is 2.99. The van der Waals surface area contributed by atoms with Crippen molar-refractivity contribution in [1.29, 1.82) is 0 Å². The highest BCUT2D eigenvalue weighted by Crippen LogP contribution is 2.32. The summed E-state index contributed by atoms with van der Waals surface area (Å²) in [5, 5.41) is 10.5. The second-order valence-corrected chi connectivity index (χ2v) is 5.10. The molecular formula is C13H15ClF3N5O. The van der Waals surface area contributed by atoms with Gasteiger partial charge in [0.2, 0.25) is 0 Å². The molecule has 23 heavy (non-hydrogen) atoms. The third-order valence-electron chi connectivity index (χ3n) is 3.03. The van der Waals surface area contributed by atoms with Crippen LogP contribution < -0.4 is 5.32 Å². The average Bonchev–Trinajstić information content (AvgIpc) is 2.93. The molecule has 0 saturated heterocycles. The van der Waals surface area contributed by atoms with E-state index in [1.807, 2.05) is 4.57 Å². The van der Waals surface area contributed by atoms with Crippen LogP contribution >= 0.6 is 11.6 Å². The van der Waals surface area contributed by atoms with Gasteiger partial charge in [-0.25, -0.2) is 4.98 Å². The first kappa shape index (κ1) is 17.5. The van der Waals surface area contributed by atoms with Crippen LogP contribution in [0, 0.1) is 0 Å².